The molecule has 7 heteroatoms. The Morgan fingerprint density at radius 2 is 1.71 bits per heavy atom. The molecule has 0 aromatic heterocycles. The SMILES string of the molecule is Cc1ccc(S(=O)(=O)N2C[C@@H]3[C@H]([C@@H]2C(C)C)N(C(=O)[C@H](C)CC2CCCCC2)OC3(C)C)cc1. The van der Waals surface area contributed by atoms with Crippen molar-refractivity contribution in [3.8, 4) is 0 Å². The van der Waals surface area contributed by atoms with Crippen LogP contribution in [0.5, 0.6) is 0 Å². The van der Waals surface area contributed by atoms with Crippen LogP contribution < -0.4 is 0 Å². The molecule has 34 heavy (non-hydrogen) atoms. The highest BCUT2D eigenvalue weighted by Gasteiger charge is 2.62. The van der Waals surface area contributed by atoms with Crippen LogP contribution in [0.15, 0.2) is 29.2 Å². The molecule has 3 fully saturated rings. The molecule has 0 unspecified atom stereocenters. The number of carbonyl (C=O) groups excluding carboxylic acids is 1. The minimum Gasteiger partial charge on any atom is -0.272 e. The summed E-state index contributed by atoms with van der Waals surface area (Å²) in [4.78, 5) is 20.3. The van der Waals surface area contributed by atoms with E-state index in [2.05, 4.69) is 0 Å². The molecular formula is C27H42N2O4S. The predicted octanol–water partition coefficient (Wildman–Crippen LogP) is 5.17. The molecule has 2 saturated heterocycles. The van der Waals surface area contributed by atoms with E-state index in [1.807, 2.05) is 53.7 Å². The minimum atomic E-state index is -3.69. The smallest absolute Gasteiger partial charge is 0.249 e. The molecule has 4 rings (SSSR count). The van der Waals surface area contributed by atoms with Crippen LogP contribution in [0, 0.1) is 30.6 Å². The van der Waals surface area contributed by atoms with Crippen LogP contribution in [0.2, 0.25) is 0 Å². The molecule has 0 spiro atoms. The van der Waals surface area contributed by atoms with Crippen LogP contribution in [0.25, 0.3) is 0 Å². The van der Waals surface area contributed by atoms with E-state index in [4.69, 9.17) is 4.84 Å². The number of hydrogen-bond acceptors (Lipinski definition) is 4. The summed E-state index contributed by atoms with van der Waals surface area (Å²) in [6, 6.07) is 6.44. The average molecular weight is 491 g/mol. The van der Waals surface area contributed by atoms with E-state index in [9.17, 15) is 13.2 Å². The topological polar surface area (TPSA) is 66.9 Å². The molecule has 190 valence electrons. The lowest BCUT2D eigenvalue weighted by atomic mass is 9.82. The van der Waals surface area contributed by atoms with Gasteiger partial charge < -0.3 is 0 Å². The van der Waals surface area contributed by atoms with Crippen LogP contribution in [-0.2, 0) is 19.7 Å². The van der Waals surface area contributed by atoms with Gasteiger partial charge in [-0.2, -0.15) is 4.31 Å². The lowest BCUT2D eigenvalue weighted by Gasteiger charge is -2.36. The van der Waals surface area contributed by atoms with Crippen molar-refractivity contribution in [1.82, 2.24) is 9.37 Å². The maximum atomic E-state index is 13.8. The highest BCUT2D eigenvalue weighted by atomic mass is 32.2. The monoisotopic (exact) mass is 490 g/mol. The van der Waals surface area contributed by atoms with Gasteiger partial charge in [0.15, 0.2) is 0 Å². The zero-order chi connectivity index (χ0) is 24.8. The van der Waals surface area contributed by atoms with Gasteiger partial charge in [-0.3, -0.25) is 9.63 Å². The first-order valence-corrected chi connectivity index (χ1v) is 14.5. The molecule has 1 saturated carbocycles. The van der Waals surface area contributed by atoms with E-state index in [1.54, 1.807) is 21.5 Å². The molecule has 1 aromatic rings. The fourth-order valence-electron chi connectivity index (χ4n) is 6.41. The zero-order valence-electron chi connectivity index (χ0n) is 21.7. The van der Waals surface area contributed by atoms with Crippen LogP contribution in [0.4, 0.5) is 0 Å². The molecule has 3 aliphatic rings. The van der Waals surface area contributed by atoms with Crippen molar-refractivity contribution >= 4 is 15.9 Å². The highest BCUT2D eigenvalue weighted by molar-refractivity contribution is 7.89. The van der Waals surface area contributed by atoms with Gasteiger partial charge >= 0.3 is 0 Å². The molecular weight excluding hydrogens is 448 g/mol. The predicted molar refractivity (Wildman–Crippen MR) is 133 cm³/mol. The first-order chi connectivity index (χ1) is 15.9. The quantitative estimate of drug-likeness (QED) is 0.552. The maximum Gasteiger partial charge on any atom is 0.249 e. The van der Waals surface area contributed by atoms with E-state index in [0.29, 0.717) is 17.4 Å². The Balaban J connectivity index is 1.62. The lowest BCUT2D eigenvalue weighted by molar-refractivity contribution is -0.214. The first-order valence-electron chi connectivity index (χ1n) is 13.0. The van der Waals surface area contributed by atoms with Crippen molar-refractivity contribution in [2.45, 2.75) is 103 Å². The fraction of sp³-hybridized carbons (Fsp3) is 0.741. The van der Waals surface area contributed by atoms with Gasteiger partial charge in [0.05, 0.1) is 22.6 Å². The van der Waals surface area contributed by atoms with E-state index in [1.165, 1.54) is 32.1 Å². The third-order valence-electron chi connectivity index (χ3n) is 8.33. The number of hydroxylamine groups is 2. The molecule has 4 atom stereocenters. The number of aryl methyl sites for hydroxylation is 1. The minimum absolute atomic E-state index is 0.00591. The maximum absolute atomic E-state index is 13.8. The van der Waals surface area contributed by atoms with Crippen molar-refractivity contribution in [2.75, 3.05) is 6.54 Å². The molecule has 0 bridgehead atoms. The number of sulfonamides is 1. The van der Waals surface area contributed by atoms with Gasteiger partial charge in [-0.15, -0.1) is 0 Å². The van der Waals surface area contributed by atoms with Crippen molar-refractivity contribution < 1.29 is 18.0 Å². The molecule has 2 heterocycles. The van der Waals surface area contributed by atoms with Crippen molar-refractivity contribution in [3.63, 3.8) is 0 Å². The molecule has 6 nitrogen and oxygen atoms in total. The number of hydrogen-bond donors (Lipinski definition) is 0. The third-order valence-corrected chi connectivity index (χ3v) is 10.2. The first kappa shape index (κ1) is 25.6. The van der Waals surface area contributed by atoms with Gasteiger partial charge in [0.25, 0.3) is 0 Å². The lowest BCUT2D eigenvalue weighted by Crippen LogP contribution is -2.51. The van der Waals surface area contributed by atoms with E-state index < -0.39 is 15.6 Å². The van der Waals surface area contributed by atoms with Crippen LogP contribution in [0.3, 0.4) is 0 Å². The van der Waals surface area contributed by atoms with Gasteiger partial charge in [0.2, 0.25) is 15.9 Å². The van der Waals surface area contributed by atoms with Gasteiger partial charge in [0, 0.05) is 18.4 Å². The molecule has 0 N–H and O–H groups in total. The standard InChI is InChI=1S/C27H42N2O4S/c1-18(2)24-25-23(17-28(24)34(31,32)22-14-12-19(3)13-15-22)27(5,6)33-29(25)26(30)20(4)16-21-10-8-7-9-11-21/h12-15,18,20-21,23-25H,7-11,16-17H2,1-6H3/t20-,23-,24+,25-/m1/s1. The summed E-state index contributed by atoms with van der Waals surface area (Å²) >= 11 is 0. The number of rotatable bonds is 6. The molecule has 2 aliphatic heterocycles. The highest BCUT2D eigenvalue weighted by Crippen LogP contribution is 2.48. The summed E-state index contributed by atoms with van der Waals surface area (Å²) in [7, 11) is -3.69. The summed E-state index contributed by atoms with van der Waals surface area (Å²) in [5.74, 6) is 0.434. The zero-order valence-corrected chi connectivity index (χ0v) is 22.5. The average Bonchev–Trinajstić information content (AvgIpc) is 3.31. The Bertz CT molecular complexity index is 982. The summed E-state index contributed by atoms with van der Waals surface area (Å²) in [5.41, 5.74) is 0.408. The molecule has 1 aromatic carbocycles. The number of carbonyl (C=O) groups is 1. The molecule has 1 aliphatic carbocycles. The Kier molecular flexibility index (Phi) is 7.20. The van der Waals surface area contributed by atoms with Crippen molar-refractivity contribution in [2.24, 2.45) is 23.7 Å². The fourth-order valence-corrected chi connectivity index (χ4v) is 8.21. The normalized spacial score (nSPS) is 28.9. The summed E-state index contributed by atoms with van der Waals surface area (Å²) in [6.45, 7) is 12.4. The van der Waals surface area contributed by atoms with Gasteiger partial charge in [-0.05, 0) is 51.2 Å². The largest absolute Gasteiger partial charge is 0.272 e. The number of benzene rings is 1. The van der Waals surface area contributed by atoms with E-state index in [0.717, 1.165) is 12.0 Å². The number of amides is 1. The van der Waals surface area contributed by atoms with Gasteiger partial charge in [-0.25, -0.2) is 13.5 Å². The van der Waals surface area contributed by atoms with Crippen LogP contribution in [0.1, 0.15) is 78.7 Å². The second-order valence-corrected chi connectivity index (χ2v) is 13.6. The summed E-state index contributed by atoms with van der Waals surface area (Å²) in [6.07, 6.45) is 7.09. The van der Waals surface area contributed by atoms with Crippen molar-refractivity contribution in [3.05, 3.63) is 29.8 Å². The Morgan fingerprint density at radius 3 is 2.29 bits per heavy atom. The van der Waals surface area contributed by atoms with Crippen LogP contribution >= 0.6 is 0 Å². The third kappa shape index (κ3) is 4.68. The number of nitrogens with zero attached hydrogens (tertiary/aromatic N) is 2. The summed E-state index contributed by atoms with van der Waals surface area (Å²) < 4.78 is 29.2. The number of fused-ring (bicyclic) bond motifs is 1. The Labute approximate surface area is 206 Å². The Hall–Kier alpha value is -1.44. The van der Waals surface area contributed by atoms with E-state index in [-0.39, 0.29) is 35.7 Å². The molecule has 0 radical (unpaired) electrons. The summed E-state index contributed by atoms with van der Waals surface area (Å²) in [5, 5.41) is 1.59. The second kappa shape index (κ2) is 9.55. The van der Waals surface area contributed by atoms with Crippen molar-refractivity contribution in [1.29, 1.82) is 0 Å². The van der Waals surface area contributed by atoms with Crippen LogP contribution in [-0.4, -0.2) is 47.9 Å². The second-order valence-electron chi connectivity index (χ2n) is 11.7. The molecule has 1 amide bonds. The van der Waals surface area contributed by atoms with Gasteiger partial charge in [-0.1, -0.05) is 70.6 Å². The Morgan fingerprint density at radius 1 is 1.09 bits per heavy atom. The van der Waals surface area contributed by atoms with Gasteiger partial charge in [0.1, 0.15) is 0 Å². The van der Waals surface area contributed by atoms with E-state index >= 15 is 0 Å².